The van der Waals surface area contributed by atoms with Gasteiger partial charge in [-0.2, -0.15) is 10.2 Å². The molecular weight excluding hydrogens is 370 g/mol. The molecule has 160 valence electrons. The molecule has 0 bridgehead atoms. The molecule has 1 aromatic carbocycles. The Morgan fingerprint density at radius 3 is 2.57 bits per heavy atom. The largest absolute Gasteiger partial charge is 0.330 e. The molecule has 0 radical (unpaired) electrons. The molecule has 3 N–H and O–H groups in total. The second-order valence-electron chi connectivity index (χ2n) is 9.58. The molecule has 0 atom stereocenters. The van der Waals surface area contributed by atoms with E-state index >= 15 is 0 Å². The summed E-state index contributed by atoms with van der Waals surface area (Å²) in [5, 5.41) is 12.9. The van der Waals surface area contributed by atoms with Crippen molar-refractivity contribution in [3.05, 3.63) is 46.1 Å². The first kappa shape index (κ1) is 20.9. The molecule has 0 fully saturated rings. The summed E-state index contributed by atoms with van der Waals surface area (Å²) >= 11 is 0. The number of aromatic nitrogens is 4. The lowest BCUT2D eigenvalue weighted by atomic mass is 9.76. The Bertz CT molecular complexity index is 1030. The van der Waals surface area contributed by atoms with E-state index in [9.17, 15) is 0 Å². The number of rotatable bonds is 6. The Kier molecular flexibility index (Phi) is 5.58. The zero-order valence-corrected chi connectivity index (χ0v) is 19.1. The van der Waals surface area contributed by atoms with E-state index in [1.54, 1.807) is 0 Å². The maximum Gasteiger partial charge on any atom is 0.114 e. The van der Waals surface area contributed by atoms with Crippen molar-refractivity contribution in [2.45, 2.75) is 73.3 Å². The van der Waals surface area contributed by atoms with Crippen molar-refractivity contribution in [2.75, 3.05) is 6.54 Å². The van der Waals surface area contributed by atoms with E-state index in [4.69, 9.17) is 10.8 Å². The van der Waals surface area contributed by atoms with Gasteiger partial charge in [0.15, 0.2) is 0 Å². The summed E-state index contributed by atoms with van der Waals surface area (Å²) in [5.74, 6) is 0. The molecule has 1 aliphatic carbocycles. The summed E-state index contributed by atoms with van der Waals surface area (Å²) in [7, 11) is 0. The summed E-state index contributed by atoms with van der Waals surface area (Å²) in [4.78, 5) is 0. The third kappa shape index (κ3) is 3.83. The average Bonchev–Trinajstić information content (AvgIpc) is 3.31. The van der Waals surface area contributed by atoms with Gasteiger partial charge in [-0.05, 0) is 99.7 Å². The highest BCUT2D eigenvalue weighted by Gasteiger charge is 2.31. The van der Waals surface area contributed by atoms with Crippen LogP contribution < -0.4 is 5.73 Å². The van der Waals surface area contributed by atoms with Crippen LogP contribution in [0.5, 0.6) is 0 Å². The first-order valence-corrected chi connectivity index (χ1v) is 11.3. The zero-order chi connectivity index (χ0) is 21.5. The molecule has 1 aliphatic rings. The second kappa shape index (κ2) is 8.03. The Hall–Kier alpha value is -2.40. The molecule has 30 heavy (non-hydrogen) atoms. The van der Waals surface area contributed by atoms with E-state index in [1.165, 1.54) is 34.4 Å². The van der Waals surface area contributed by atoms with E-state index in [0.29, 0.717) is 5.41 Å². The van der Waals surface area contributed by atoms with Crippen molar-refractivity contribution in [1.29, 1.82) is 0 Å². The quantitative estimate of drug-likeness (QED) is 0.607. The fraction of sp³-hybridized carbons (Fsp3) is 0.520. The van der Waals surface area contributed by atoms with E-state index in [1.807, 2.05) is 0 Å². The number of hydrogen-bond donors (Lipinski definition) is 2. The van der Waals surface area contributed by atoms with Crippen molar-refractivity contribution in [3.8, 4) is 22.6 Å². The highest BCUT2D eigenvalue weighted by atomic mass is 15.3. The SMILES string of the molecule is CCn1nc(-c2cc(-c3cc(C)c(CCCN)c(C)c3)n[nH]2)c2c1CC(C)(C)CC2. The van der Waals surface area contributed by atoms with Gasteiger partial charge in [-0.25, -0.2) is 0 Å². The Morgan fingerprint density at radius 1 is 1.17 bits per heavy atom. The minimum absolute atomic E-state index is 0.344. The number of aryl methyl sites for hydroxylation is 3. The number of hydrogen-bond acceptors (Lipinski definition) is 3. The molecule has 0 amide bonds. The van der Waals surface area contributed by atoms with Crippen LogP contribution in [-0.2, 0) is 25.8 Å². The molecule has 5 heteroatoms. The lowest BCUT2D eigenvalue weighted by molar-refractivity contribution is 0.305. The highest BCUT2D eigenvalue weighted by molar-refractivity contribution is 5.70. The van der Waals surface area contributed by atoms with Gasteiger partial charge >= 0.3 is 0 Å². The van der Waals surface area contributed by atoms with Crippen LogP contribution in [0.4, 0.5) is 0 Å². The predicted octanol–water partition coefficient (Wildman–Crippen LogP) is 4.98. The first-order valence-electron chi connectivity index (χ1n) is 11.3. The maximum atomic E-state index is 5.71. The fourth-order valence-electron chi connectivity index (χ4n) is 4.88. The van der Waals surface area contributed by atoms with Gasteiger partial charge in [-0.1, -0.05) is 13.8 Å². The van der Waals surface area contributed by atoms with Gasteiger partial charge in [0.1, 0.15) is 5.69 Å². The summed E-state index contributed by atoms with van der Waals surface area (Å²) < 4.78 is 2.19. The van der Waals surface area contributed by atoms with Crippen LogP contribution in [0.25, 0.3) is 22.6 Å². The number of nitrogens with two attached hydrogens (primary N) is 1. The molecule has 0 aliphatic heterocycles. The van der Waals surface area contributed by atoms with Crippen molar-refractivity contribution in [2.24, 2.45) is 11.1 Å². The van der Waals surface area contributed by atoms with Crippen molar-refractivity contribution in [3.63, 3.8) is 0 Å². The normalized spacial score (nSPS) is 15.4. The number of fused-ring (bicyclic) bond motifs is 1. The number of nitrogens with one attached hydrogen (secondary N) is 1. The molecule has 4 rings (SSSR count). The van der Waals surface area contributed by atoms with Crippen LogP contribution in [-0.4, -0.2) is 26.5 Å². The van der Waals surface area contributed by atoms with Crippen LogP contribution >= 0.6 is 0 Å². The lowest BCUT2D eigenvalue weighted by Gasteiger charge is -2.30. The Balaban J connectivity index is 1.68. The van der Waals surface area contributed by atoms with Crippen LogP contribution in [0.1, 0.15) is 61.6 Å². The number of nitrogens with zero attached hydrogens (tertiary/aromatic N) is 3. The van der Waals surface area contributed by atoms with Gasteiger partial charge in [0.25, 0.3) is 0 Å². The summed E-state index contributed by atoms with van der Waals surface area (Å²) in [6, 6.07) is 6.67. The van der Waals surface area contributed by atoms with E-state index < -0.39 is 0 Å². The lowest BCUT2D eigenvalue weighted by Crippen LogP contribution is -2.24. The van der Waals surface area contributed by atoms with Crippen molar-refractivity contribution < 1.29 is 0 Å². The first-order chi connectivity index (χ1) is 14.3. The smallest absolute Gasteiger partial charge is 0.114 e. The van der Waals surface area contributed by atoms with Crippen LogP contribution in [0, 0.1) is 19.3 Å². The van der Waals surface area contributed by atoms with Gasteiger partial charge in [0.2, 0.25) is 0 Å². The molecule has 5 nitrogen and oxygen atoms in total. The Labute approximate surface area is 180 Å². The van der Waals surface area contributed by atoms with E-state index in [0.717, 1.165) is 61.4 Å². The Morgan fingerprint density at radius 2 is 1.90 bits per heavy atom. The summed E-state index contributed by atoms with van der Waals surface area (Å²) in [6.07, 6.45) is 5.44. The maximum absolute atomic E-state index is 5.71. The topological polar surface area (TPSA) is 72.5 Å². The third-order valence-corrected chi connectivity index (χ3v) is 6.62. The zero-order valence-electron chi connectivity index (χ0n) is 19.1. The van der Waals surface area contributed by atoms with Crippen LogP contribution in [0.3, 0.4) is 0 Å². The molecule has 0 saturated carbocycles. The number of H-pyrrole nitrogens is 1. The van der Waals surface area contributed by atoms with E-state index in [2.05, 4.69) is 67.7 Å². The second-order valence-corrected chi connectivity index (χ2v) is 9.58. The van der Waals surface area contributed by atoms with Gasteiger partial charge in [-0.3, -0.25) is 9.78 Å². The standard InChI is InChI=1S/C25H35N5/c1-6-30-23-15-25(4,5)10-9-20(23)24(29-30)22-14-21(27-28-22)18-12-16(2)19(8-7-11-26)17(3)13-18/h12-14H,6-11,15,26H2,1-5H3,(H,27,28). The third-order valence-electron chi connectivity index (χ3n) is 6.62. The molecule has 0 unspecified atom stereocenters. The number of benzene rings is 1. The van der Waals surface area contributed by atoms with Gasteiger partial charge < -0.3 is 5.73 Å². The highest BCUT2D eigenvalue weighted by Crippen LogP contribution is 2.39. The molecule has 0 spiro atoms. The van der Waals surface area contributed by atoms with Gasteiger partial charge in [-0.15, -0.1) is 0 Å². The van der Waals surface area contributed by atoms with Crippen LogP contribution in [0.2, 0.25) is 0 Å². The predicted molar refractivity (Wildman–Crippen MR) is 124 cm³/mol. The molecule has 3 aromatic rings. The number of aromatic amines is 1. The molecule has 2 aromatic heterocycles. The minimum Gasteiger partial charge on any atom is -0.330 e. The summed E-state index contributed by atoms with van der Waals surface area (Å²) in [6.45, 7) is 12.9. The molecule has 0 saturated heterocycles. The monoisotopic (exact) mass is 405 g/mol. The summed E-state index contributed by atoms with van der Waals surface area (Å²) in [5.41, 5.74) is 17.1. The van der Waals surface area contributed by atoms with Gasteiger partial charge in [0, 0.05) is 23.4 Å². The average molecular weight is 406 g/mol. The van der Waals surface area contributed by atoms with Gasteiger partial charge in [0.05, 0.1) is 11.4 Å². The van der Waals surface area contributed by atoms with Crippen molar-refractivity contribution in [1.82, 2.24) is 20.0 Å². The van der Waals surface area contributed by atoms with E-state index in [-0.39, 0.29) is 0 Å². The molecular formula is C25H35N5. The fourth-order valence-corrected chi connectivity index (χ4v) is 4.88. The van der Waals surface area contributed by atoms with Crippen LogP contribution in [0.15, 0.2) is 18.2 Å². The minimum atomic E-state index is 0.344. The van der Waals surface area contributed by atoms with Crippen molar-refractivity contribution >= 4 is 0 Å². The molecule has 2 heterocycles.